The molecule has 0 aliphatic heterocycles. The van der Waals surface area contributed by atoms with Crippen LogP contribution in [-0.2, 0) is 28.9 Å². The Kier molecular flexibility index (Phi) is 6.37. The van der Waals surface area contributed by atoms with Crippen LogP contribution >= 0.6 is 22.7 Å². The van der Waals surface area contributed by atoms with Crippen LogP contribution in [0.4, 0.5) is 5.00 Å². The third-order valence-electron chi connectivity index (χ3n) is 4.92. The van der Waals surface area contributed by atoms with E-state index in [0.717, 1.165) is 37.0 Å². The molecule has 0 fully saturated rings. The van der Waals surface area contributed by atoms with Crippen molar-refractivity contribution < 1.29 is 19.1 Å². The van der Waals surface area contributed by atoms with Gasteiger partial charge >= 0.3 is 11.9 Å². The van der Waals surface area contributed by atoms with Crippen molar-refractivity contribution >= 4 is 39.6 Å². The van der Waals surface area contributed by atoms with Gasteiger partial charge in [-0.15, -0.1) is 22.7 Å². The minimum atomic E-state index is -0.566. The molecule has 2 N–H and O–H groups in total. The first-order chi connectivity index (χ1) is 13.5. The van der Waals surface area contributed by atoms with E-state index >= 15 is 0 Å². The molecule has 28 heavy (non-hydrogen) atoms. The van der Waals surface area contributed by atoms with Gasteiger partial charge in [0.25, 0.3) is 0 Å². The number of nitrogens with zero attached hydrogens (tertiary/aromatic N) is 1. The molecule has 2 heterocycles. The average molecular weight is 419 g/mol. The van der Waals surface area contributed by atoms with E-state index in [1.165, 1.54) is 21.8 Å². The first kappa shape index (κ1) is 20.4. The highest BCUT2D eigenvalue weighted by Gasteiger charge is 2.26. The molecular formula is C20H22N2O4S2. The summed E-state index contributed by atoms with van der Waals surface area (Å²) in [5.41, 5.74) is 7.56. The fourth-order valence-electron chi connectivity index (χ4n) is 3.36. The van der Waals surface area contributed by atoms with Gasteiger partial charge in [0, 0.05) is 10.4 Å². The molecule has 3 rings (SSSR count). The van der Waals surface area contributed by atoms with Crippen molar-refractivity contribution in [3.8, 4) is 6.07 Å². The highest BCUT2D eigenvalue weighted by molar-refractivity contribution is 7.18. The third kappa shape index (κ3) is 4.05. The predicted octanol–water partition coefficient (Wildman–Crippen LogP) is 4.31. The number of carbonyl (C=O) groups excluding carboxylic acids is 2. The van der Waals surface area contributed by atoms with E-state index in [4.69, 9.17) is 15.2 Å². The molecule has 148 valence electrons. The first-order valence-corrected chi connectivity index (χ1v) is 10.9. The van der Waals surface area contributed by atoms with Gasteiger partial charge in [0.05, 0.1) is 12.2 Å². The van der Waals surface area contributed by atoms with Crippen molar-refractivity contribution in [1.82, 2.24) is 0 Å². The topological polar surface area (TPSA) is 102 Å². The summed E-state index contributed by atoms with van der Waals surface area (Å²) in [4.78, 5) is 26.7. The zero-order valence-electron chi connectivity index (χ0n) is 15.9. The Morgan fingerprint density at radius 2 is 2.07 bits per heavy atom. The summed E-state index contributed by atoms with van der Waals surface area (Å²) < 4.78 is 10.5. The number of fused-ring (bicyclic) bond motifs is 1. The van der Waals surface area contributed by atoms with Gasteiger partial charge < -0.3 is 15.2 Å². The number of aryl methyl sites for hydroxylation is 1. The smallest absolute Gasteiger partial charge is 0.348 e. The number of nitriles is 1. The zero-order chi connectivity index (χ0) is 20.3. The monoisotopic (exact) mass is 418 g/mol. The number of nitrogens with two attached hydrogens (primary N) is 1. The maximum absolute atomic E-state index is 12.6. The average Bonchev–Trinajstić information content (AvgIpc) is 3.26. The molecule has 0 saturated carbocycles. The highest BCUT2D eigenvalue weighted by atomic mass is 32.1. The first-order valence-electron chi connectivity index (χ1n) is 9.25. The number of rotatable bonds is 6. The summed E-state index contributed by atoms with van der Waals surface area (Å²) in [7, 11) is 0. The quantitative estimate of drug-likeness (QED) is 0.701. The van der Waals surface area contributed by atoms with Gasteiger partial charge in [-0.3, -0.25) is 0 Å². The Labute approximate surface area is 171 Å². The van der Waals surface area contributed by atoms with E-state index in [1.807, 2.05) is 12.1 Å². The predicted molar refractivity (Wildman–Crippen MR) is 109 cm³/mol. The summed E-state index contributed by atoms with van der Waals surface area (Å²) in [6.07, 6.45) is 4.30. The zero-order valence-corrected chi connectivity index (χ0v) is 17.5. The molecule has 2 aromatic heterocycles. The number of hydrogen-bond donors (Lipinski definition) is 1. The molecule has 0 radical (unpaired) electrons. The van der Waals surface area contributed by atoms with Crippen molar-refractivity contribution in [2.24, 2.45) is 5.92 Å². The fourth-order valence-corrected chi connectivity index (χ4v) is 5.38. The standard InChI is InChI=1S/C20H22N2O4S2/c1-3-11-5-6-15-12(7-11)8-16(27-15)19(23)26-10-14-13(9-21)18(22)28-17(14)20(24)25-4-2/h8,11H,3-7,10,22H2,1-2H3/t11-/m0/s1. The number of hydrogen-bond acceptors (Lipinski definition) is 8. The molecule has 2 aromatic rings. The number of thiophene rings is 2. The minimum absolute atomic E-state index is 0.164. The Balaban J connectivity index is 1.76. The van der Waals surface area contributed by atoms with Gasteiger partial charge in [0.1, 0.15) is 27.4 Å². The molecule has 0 aromatic carbocycles. The van der Waals surface area contributed by atoms with Crippen LogP contribution in [0.3, 0.4) is 0 Å². The fraction of sp³-hybridized carbons (Fsp3) is 0.450. The van der Waals surface area contributed by atoms with E-state index < -0.39 is 11.9 Å². The van der Waals surface area contributed by atoms with Crippen LogP contribution < -0.4 is 5.73 Å². The summed E-state index contributed by atoms with van der Waals surface area (Å²) in [5.74, 6) is -0.343. The van der Waals surface area contributed by atoms with E-state index in [9.17, 15) is 14.9 Å². The lowest BCUT2D eigenvalue weighted by Gasteiger charge is -2.19. The maximum atomic E-state index is 12.6. The van der Waals surface area contributed by atoms with Crippen molar-refractivity contribution in [2.45, 2.75) is 46.1 Å². The second-order valence-corrected chi connectivity index (χ2v) is 8.82. The van der Waals surface area contributed by atoms with Crippen LogP contribution in [0.2, 0.25) is 0 Å². The second-order valence-electron chi connectivity index (χ2n) is 6.63. The number of carbonyl (C=O) groups is 2. The van der Waals surface area contributed by atoms with Gasteiger partial charge in [0.15, 0.2) is 0 Å². The molecule has 0 unspecified atom stereocenters. The number of esters is 2. The lowest BCUT2D eigenvalue weighted by molar-refractivity contribution is 0.0457. The van der Waals surface area contributed by atoms with Gasteiger partial charge in [-0.25, -0.2) is 9.59 Å². The van der Waals surface area contributed by atoms with Gasteiger partial charge in [-0.1, -0.05) is 13.3 Å². The number of ether oxygens (including phenoxy) is 2. The molecule has 6 nitrogen and oxygen atoms in total. The molecule has 1 aliphatic carbocycles. The van der Waals surface area contributed by atoms with Crippen molar-refractivity contribution in [3.05, 3.63) is 37.4 Å². The van der Waals surface area contributed by atoms with Gasteiger partial charge in [-0.2, -0.15) is 5.26 Å². The lowest BCUT2D eigenvalue weighted by atomic mass is 9.87. The highest BCUT2D eigenvalue weighted by Crippen LogP contribution is 2.35. The Bertz CT molecular complexity index is 939. The number of anilines is 1. The second kappa shape index (κ2) is 8.76. The van der Waals surface area contributed by atoms with Crippen molar-refractivity contribution in [1.29, 1.82) is 5.26 Å². The maximum Gasteiger partial charge on any atom is 0.348 e. The molecule has 0 amide bonds. The minimum Gasteiger partial charge on any atom is -0.462 e. The van der Waals surface area contributed by atoms with E-state index in [2.05, 4.69) is 6.92 Å². The van der Waals surface area contributed by atoms with Crippen LogP contribution in [0.15, 0.2) is 6.07 Å². The van der Waals surface area contributed by atoms with Crippen molar-refractivity contribution in [2.75, 3.05) is 12.3 Å². The van der Waals surface area contributed by atoms with Crippen LogP contribution in [0.5, 0.6) is 0 Å². The van der Waals surface area contributed by atoms with E-state index in [-0.39, 0.29) is 28.7 Å². The van der Waals surface area contributed by atoms with Gasteiger partial charge in [0.2, 0.25) is 0 Å². The molecule has 8 heteroatoms. The summed E-state index contributed by atoms with van der Waals surface area (Å²) in [6.45, 7) is 3.90. The van der Waals surface area contributed by atoms with Crippen LogP contribution in [0.25, 0.3) is 0 Å². The van der Waals surface area contributed by atoms with Crippen LogP contribution in [0, 0.1) is 17.2 Å². The van der Waals surface area contributed by atoms with E-state index in [1.54, 1.807) is 6.92 Å². The molecule has 1 aliphatic rings. The molecule has 1 atom stereocenters. The molecule has 0 saturated heterocycles. The number of nitrogen functional groups attached to an aromatic ring is 1. The molecule has 0 spiro atoms. The summed E-state index contributed by atoms with van der Waals surface area (Å²) in [6, 6.07) is 3.90. The Morgan fingerprint density at radius 1 is 1.29 bits per heavy atom. The van der Waals surface area contributed by atoms with E-state index in [0.29, 0.717) is 16.4 Å². The summed E-state index contributed by atoms with van der Waals surface area (Å²) >= 11 is 2.45. The molecular weight excluding hydrogens is 396 g/mol. The van der Waals surface area contributed by atoms with Crippen LogP contribution in [0.1, 0.15) is 67.6 Å². The molecule has 0 bridgehead atoms. The third-order valence-corrected chi connectivity index (χ3v) is 7.18. The lowest BCUT2D eigenvalue weighted by Crippen LogP contribution is -2.11. The SMILES string of the molecule is CCOC(=O)c1sc(N)c(C#N)c1COC(=O)c1cc2c(s1)CC[C@H](CC)C2. The van der Waals surface area contributed by atoms with Crippen molar-refractivity contribution in [3.63, 3.8) is 0 Å². The largest absolute Gasteiger partial charge is 0.462 e. The van der Waals surface area contributed by atoms with Gasteiger partial charge in [-0.05, 0) is 43.7 Å². The normalized spacial score (nSPS) is 15.5. The van der Waals surface area contributed by atoms with Crippen LogP contribution in [-0.4, -0.2) is 18.5 Å². The Hall–Kier alpha value is -2.37. The summed E-state index contributed by atoms with van der Waals surface area (Å²) in [5, 5.41) is 9.57. The Morgan fingerprint density at radius 3 is 2.75 bits per heavy atom.